The van der Waals surface area contributed by atoms with Gasteiger partial charge >= 0.3 is 0 Å². The van der Waals surface area contributed by atoms with Crippen LogP contribution in [0.2, 0.25) is 0 Å². The summed E-state index contributed by atoms with van der Waals surface area (Å²) >= 11 is 1.55. The predicted octanol–water partition coefficient (Wildman–Crippen LogP) is 5.80. The van der Waals surface area contributed by atoms with Gasteiger partial charge in [-0.3, -0.25) is 4.90 Å². The number of imidazole rings is 1. The molecule has 8 rings (SSSR count). The SMILES string of the molecule is C[C@@H]1COC[C@H](n2cnc3c(O[C@@H](C)[C@@H]4CC[C@H](C)N4C)nc(-c4onc5c4CCC[C@@]54CCCc5sc(N)c(C#N)c54)nc32)C1. The number of ether oxygens (including phenoxy) is 2. The Morgan fingerprint density at radius 3 is 2.76 bits per heavy atom. The van der Waals surface area contributed by atoms with Gasteiger partial charge in [0, 0.05) is 34.5 Å². The quantitative estimate of drug-likeness (QED) is 0.284. The number of thiophene rings is 1. The second-order valence-corrected chi connectivity index (χ2v) is 15.2. The van der Waals surface area contributed by atoms with Crippen molar-refractivity contribution in [3.8, 4) is 23.5 Å². The number of rotatable bonds is 5. The molecule has 2 aliphatic carbocycles. The molecule has 1 spiro atoms. The lowest BCUT2D eigenvalue weighted by Gasteiger charge is -2.39. The maximum absolute atomic E-state index is 10.1. The molecule has 4 aliphatic rings. The van der Waals surface area contributed by atoms with Crippen LogP contribution in [-0.4, -0.2) is 68.0 Å². The molecule has 6 heterocycles. The van der Waals surface area contributed by atoms with Crippen molar-refractivity contribution in [3.63, 3.8) is 0 Å². The first-order valence-corrected chi connectivity index (χ1v) is 17.6. The van der Waals surface area contributed by atoms with Crippen molar-refractivity contribution in [1.82, 2.24) is 29.6 Å². The second kappa shape index (κ2) is 11.3. The van der Waals surface area contributed by atoms with Crippen LogP contribution < -0.4 is 10.5 Å². The first kappa shape index (κ1) is 29.8. The van der Waals surface area contributed by atoms with E-state index >= 15 is 0 Å². The molecule has 2 fully saturated rings. The topological polar surface area (TPSA) is 141 Å². The molecule has 0 unspecified atom stereocenters. The van der Waals surface area contributed by atoms with Gasteiger partial charge in [-0.15, -0.1) is 11.3 Å². The fourth-order valence-electron chi connectivity index (χ4n) is 8.74. The van der Waals surface area contributed by atoms with E-state index in [4.69, 9.17) is 39.8 Å². The molecule has 2 aliphatic heterocycles. The highest BCUT2D eigenvalue weighted by Crippen LogP contribution is 2.54. The van der Waals surface area contributed by atoms with Crippen LogP contribution in [0.4, 0.5) is 5.00 Å². The molecule has 2 saturated heterocycles. The normalized spacial score (nSPS) is 28.7. The summed E-state index contributed by atoms with van der Waals surface area (Å²) in [6.07, 6.45) is 10.5. The molecule has 242 valence electrons. The average molecular weight is 643 g/mol. The molecular formula is C34H42N8O3S. The largest absolute Gasteiger partial charge is 0.471 e. The summed E-state index contributed by atoms with van der Waals surface area (Å²) in [6.45, 7) is 7.98. The minimum absolute atomic E-state index is 0.0925. The average Bonchev–Trinajstić information content (AvgIpc) is 3.82. The van der Waals surface area contributed by atoms with Crippen molar-refractivity contribution < 1.29 is 14.0 Å². The summed E-state index contributed by atoms with van der Waals surface area (Å²) in [5.41, 5.74) is 11.0. The van der Waals surface area contributed by atoms with E-state index in [2.05, 4.69) is 43.4 Å². The van der Waals surface area contributed by atoms with Gasteiger partial charge in [0.25, 0.3) is 0 Å². The van der Waals surface area contributed by atoms with E-state index < -0.39 is 0 Å². The first-order chi connectivity index (χ1) is 22.3. The minimum atomic E-state index is -0.388. The van der Waals surface area contributed by atoms with Crippen LogP contribution in [0.1, 0.15) is 99.0 Å². The van der Waals surface area contributed by atoms with E-state index in [1.165, 1.54) is 4.88 Å². The van der Waals surface area contributed by atoms with Crippen LogP contribution in [0, 0.1) is 17.2 Å². The third-order valence-corrected chi connectivity index (χ3v) is 12.3. The van der Waals surface area contributed by atoms with Crippen LogP contribution in [0.3, 0.4) is 0 Å². The summed E-state index contributed by atoms with van der Waals surface area (Å²) < 4.78 is 21.0. The van der Waals surface area contributed by atoms with Crippen LogP contribution in [0.5, 0.6) is 5.88 Å². The Hall–Kier alpha value is -3.53. The second-order valence-electron chi connectivity index (χ2n) is 14.1. The molecule has 2 N–H and O–H groups in total. The zero-order valence-corrected chi connectivity index (χ0v) is 27.9. The van der Waals surface area contributed by atoms with Crippen LogP contribution >= 0.6 is 11.3 Å². The molecule has 0 amide bonds. The summed E-state index contributed by atoms with van der Waals surface area (Å²) in [7, 11) is 2.17. The van der Waals surface area contributed by atoms with Gasteiger partial charge in [-0.25, -0.2) is 9.97 Å². The number of nitrogen functional groups attached to an aromatic ring is 1. The lowest BCUT2D eigenvalue weighted by molar-refractivity contribution is 0.0268. The molecule has 0 aromatic carbocycles. The lowest BCUT2D eigenvalue weighted by atomic mass is 9.62. The number of anilines is 1. The standard InChI is InChI=1S/C34H42N8O3S/c1-18-13-21(16-43-15-18)42-17-37-27-32(42)38-31(39-33(27)44-20(3)24-10-9-19(2)41(24)4)28-22-7-5-11-34(29(22)40-45-28)12-6-8-25-26(34)23(14-35)30(36)46-25/h17-21,24H,5-13,15-16,36H2,1-4H3/t18-,19-,20-,21+,24-,34-/m0/s1. The molecule has 0 bridgehead atoms. The number of likely N-dealkylation sites (tertiary alicyclic amines) is 1. The number of likely N-dealkylation sites (N-methyl/N-ethyl adjacent to an activating group) is 1. The molecule has 12 heteroatoms. The Morgan fingerprint density at radius 1 is 1.17 bits per heavy atom. The van der Waals surface area contributed by atoms with Gasteiger partial charge in [0.15, 0.2) is 11.2 Å². The highest BCUT2D eigenvalue weighted by molar-refractivity contribution is 7.16. The van der Waals surface area contributed by atoms with Gasteiger partial charge in [0.1, 0.15) is 17.2 Å². The number of hydrogen-bond donors (Lipinski definition) is 1. The highest BCUT2D eigenvalue weighted by Gasteiger charge is 2.48. The molecule has 11 nitrogen and oxygen atoms in total. The van der Waals surface area contributed by atoms with Crippen molar-refractivity contribution in [1.29, 1.82) is 5.26 Å². The molecule has 0 radical (unpaired) electrons. The Balaban J connectivity index is 1.25. The number of aryl methyl sites for hydroxylation is 1. The summed E-state index contributed by atoms with van der Waals surface area (Å²) in [5.74, 6) is 1.95. The van der Waals surface area contributed by atoms with Crippen molar-refractivity contribution in [3.05, 3.63) is 33.6 Å². The summed E-state index contributed by atoms with van der Waals surface area (Å²) in [4.78, 5) is 18.6. The number of nitrogens with two attached hydrogens (primary N) is 1. The number of fused-ring (bicyclic) bond motifs is 5. The van der Waals surface area contributed by atoms with Crippen LogP contribution in [-0.2, 0) is 23.0 Å². The molecular weight excluding hydrogens is 600 g/mol. The van der Waals surface area contributed by atoms with E-state index in [0.717, 1.165) is 86.9 Å². The van der Waals surface area contributed by atoms with E-state index in [0.29, 0.717) is 52.1 Å². The van der Waals surface area contributed by atoms with Crippen molar-refractivity contribution >= 4 is 27.5 Å². The van der Waals surface area contributed by atoms with Gasteiger partial charge in [0.05, 0.1) is 30.2 Å². The number of hydrogen-bond acceptors (Lipinski definition) is 11. The fraction of sp³-hybridized carbons (Fsp3) is 0.618. The van der Waals surface area contributed by atoms with E-state index in [1.807, 2.05) is 6.33 Å². The Bertz CT molecular complexity index is 1840. The summed E-state index contributed by atoms with van der Waals surface area (Å²) in [6, 6.07) is 3.33. The zero-order chi connectivity index (χ0) is 31.7. The van der Waals surface area contributed by atoms with Crippen molar-refractivity contribution in [2.45, 2.75) is 108 Å². The molecule has 0 saturated carbocycles. The third-order valence-electron chi connectivity index (χ3n) is 11.2. The first-order valence-electron chi connectivity index (χ1n) is 16.8. The number of nitrogens with zero attached hydrogens (tertiary/aromatic N) is 7. The minimum Gasteiger partial charge on any atom is -0.471 e. The molecule has 6 atom stereocenters. The lowest BCUT2D eigenvalue weighted by Crippen LogP contribution is -2.40. The van der Waals surface area contributed by atoms with Crippen molar-refractivity contribution in [2.75, 3.05) is 26.0 Å². The molecule has 46 heavy (non-hydrogen) atoms. The Morgan fingerprint density at radius 2 is 2.00 bits per heavy atom. The van der Waals surface area contributed by atoms with Gasteiger partial charge in [-0.2, -0.15) is 10.2 Å². The summed E-state index contributed by atoms with van der Waals surface area (Å²) in [5, 5.41) is 15.5. The van der Waals surface area contributed by atoms with E-state index in [9.17, 15) is 5.26 Å². The van der Waals surface area contributed by atoms with Gasteiger partial charge in [-0.05, 0) is 90.2 Å². The van der Waals surface area contributed by atoms with Gasteiger partial charge in [-0.1, -0.05) is 12.1 Å². The number of nitriles is 1. The maximum atomic E-state index is 10.1. The number of aromatic nitrogens is 5. The van der Waals surface area contributed by atoms with E-state index in [1.54, 1.807) is 11.3 Å². The smallest absolute Gasteiger partial charge is 0.246 e. The molecule has 4 aromatic heterocycles. The maximum Gasteiger partial charge on any atom is 0.246 e. The van der Waals surface area contributed by atoms with E-state index in [-0.39, 0.29) is 23.6 Å². The molecule has 4 aromatic rings. The van der Waals surface area contributed by atoms with Crippen molar-refractivity contribution in [2.24, 2.45) is 5.92 Å². The monoisotopic (exact) mass is 642 g/mol. The third kappa shape index (κ3) is 4.57. The Kier molecular flexibility index (Phi) is 7.34. The zero-order valence-electron chi connectivity index (χ0n) is 27.1. The Labute approximate surface area is 273 Å². The predicted molar refractivity (Wildman–Crippen MR) is 175 cm³/mol. The fourth-order valence-corrected chi connectivity index (χ4v) is 9.90. The van der Waals surface area contributed by atoms with Crippen LogP contribution in [0.15, 0.2) is 10.9 Å². The van der Waals surface area contributed by atoms with Gasteiger partial charge in [0.2, 0.25) is 17.5 Å². The van der Waals surface area contributed by atoms with Crippen LogP contribution in [0.25, 0.3) is 22.7 Å². The van der Waals surface area contributed by atoms with Gasteiger partial charge < -0.3 is 24.3 Å². The highest BCUT2D eigenvalue weighted by atomic mass is 32.1.